The molecule has 0 aliphatic carbocycles. The van der Waals surface area contributed by atoms with E-state index in [9.17, 15) is 9.59 Å². The number of carbonyl (C=O) groups is 1. The van der Waals surface area contributed by atoms with Gasteiger partial charge in [0.05, 0.1) is 30.7 Å². The van der Waals surface area contributed by atoms with Crippen molar-refractivity contribution in [3.05, 3.63) is 94.5 Å². The fraction of sp³-hybridized carbons (Fsp3) is 0.250. The van der Waals surface area contributed by atoms with Crippen LogP contribution in [-0.2, 0) is 22.6 Å². The van der Waals surface area contributed by atoms with Gasteiger partial charge >= 0.3 is 0 Å². The lowest BCUT2D eigenvalue weighted by Crippen LogP contribution is -2.39. The first-order valence-electron chi connectivity index (χ1n) is 12.0. The Kier molecular flexibility index (Phi) is 7.06. The maximum atomic E-state index is 13.3. The largest absolute Gasteiger partial charge is 0.457 e. The smallest absolute Gasteiger partial charge is 0.261 e. The summed E-state index contributed by atoms with van der Waals surface area (Å²) < 4.78 is 12.8. The SMILES string of the molecule is Cc1cccc(Oc2ccc(NC(=O)Cn3c(CN4CCOCC4)nc4ccccc4c3=O)cc2)c1. The normalized spacial score (nSPS) is 14.0. The van der Waals surface area contributed by atoms with Crippen LogP contribution >= 0.6 is 0 Å². The lowest BCUT2D eigenvalue weighted by molar-refractivity contribution is -0.116. The highest BCUT2D eigenvalue weighted by Crippen LogP contribution is 2.23. The fourth-order valence-electron chi connectivity index (χ4n) is 4.22. The molecular formula is C28H28N4O4. The topological polar surface area (TPSA) is 85.7 Å². The van der Waals surface area contributed by atoms with Crippen LogP contribution in [0.4, 0.5) is 5.69 Å². The van der Waals surface area contributed by atoms with Gasteiger partial charge in [-0.05, 0) is 61.0 Å². The maximum absolute atomic E-state index is 13.3. The average Bonchev–Trinajstić information content (AvgIpc) is 2.88. The molecule has 0 spiro atoms. The molecule has 1 aromatic heterocycles. The zero-order valence-electron chi connectivity index (χ0n) is 20.1. The fourth-order valence-corrected chi connectivity index (χ4v) is 4.22. The number of ether oxygens (including phenoxy) is 2. The van der Waals surface area contributed by atoms with E-state index in [1.807, 2.05) is 43.3 Å². The number of hydrogen-bond acceptors (Lipinski definition) is 6. The minimum atomic E-state index is -0.301. The van der Waals surface area contributed by atoms with Gasteiger partial charge in [-0.25, -0.2) is 4.98 Å². The minimum Gasteiger partial charge on any atom is -0.457 e. The Hall–Kier alpha value is -4.01. The summed E-state index contributed by atoms with van der Waals surface area (Å²) in [6, 6.07) is 22.2. The van der Waals surface area contributed by atoms with Crippen molar-refractivity contribution in [2.24, 2.45) is 0 Å². The van der Waals surface area contributed by atoms with Crippen molar-refractivity contribution in [3.63, 3.8) is 0 Å². The lowest BCUT2D eigenvalue weighted by atomic mass is 10.2. The first-order chi connectivity index (χ1) is 17.5. The molecule has 3 aromatic carbocycles. The number of aryl methyl sites for hydroxylation is 1. The number of hydrogen-bond donors (Lipinski definition) is 1. The molecule has 0 atom stereocenters. The van der Waals surface area contributed by atoms with Crippen molar-refractivity contribution >= 4 is 22.5 Å². The summed E-state index contributed by atoms with van der Waals surface area (Å²) in [6.07, 6.45) is 0. The van der Waals surface area contributed by atoms with Crippen molar-refractivity contribution in [1.29, 1.82) is 0 Å². The molecule has 1 amide bonds. The van der Waals surface area contributed by atoms with E-state index in [2.05, 4.69) is 10.2 Å². The number of aromatic nitrogens is 2. The van der Waals surface area contributed by atoms with Crippen LogP contribution in [0, 0.1) is 6.92 Å². The van der Waals surface area contributed by atoms with E-state index in [4.69, 9.17) is 14.5 Å². The highest BCUT2D eigenvalue weighted by Gasteiger charge is 2.18. The van der Waals surface area contributed by atoms with E-state index in [-0.39, 0.29) is 18.0 Å². The number of nitrogens with zero attached hydrogens (tertiary/aromatic N) is 3. The standard InChI is InChI=1S/C28H28N4O4/c1-20-5-4-6-23(17-20)36-22-11-9-21(10-12-22)29-27(33)19-32-26(18-31-13-15-35-16-14-31)30-25-8-3-2-7-24(25)28(32)34/h2-12,17H,13-16,18-19H2,1H3,(H,29,33). The summed E-state index contributed by atoms with van der Waals surface area (Å²) in [5, 5.41) is 3.38. The van der Waals surface area contributed by atoms with E-state index in [1.165, 1.54) is 4.57 Å². The number of fused-ring (bicyclic) bond motifs is 1. The van der Waals surface area contributed by atoms with Crippen LogP contribution in [0.2, 0.25) is 0 Å². The molecule has 1 aliphatic heterocycles. The zero-order chi connectivity index (χ0) is 24.9. The van der Waals surface area contributed by atoms with Crippen molar-refractivity contribution in [1.82, 2.24) is 14.5 Å². The highest BCUT2D eigenvalue weighted by molar-refractivity contribution is 5.91. The summed E-state index contributed by atoms with van der Waals surface area (Å²) in [5.41, 5.74) is 2.14. The summed E-state index contributed by atoms with van der Waals surface area (Å²) in [6.45, 7) is 5.15. The Morgan fingerprint density at radius 1 is 1.00 bits per heavy atom. The van der Waals surface area contributed by atoms with Gasteiger partial charge in [-0.3, -0.25) is 19.1 Å². The molecule has 1 aliphatic rings. The number of rotatable bonds is 7. The number of carbonyl (C=O) groups excluding carboxylic acids is 1. The van der Waals surface area contributed by atoms with Gasteiger partial charge in [-0.1, -0.05) is 24.3 Å². The van der Waals surface area contributed by atoms with Crippen LogP contribution in [0.3, 0.4) is 0 Å². The monoisotopic (exact) mass is 484 g/mol. The van der Waals surface area contributed by atoms with Gasteiger partial charge in [-0.15, -0.1) is 0 Å². The number of morpholine rings is 1. The number of para-hydroxylation sites is 1. The van der Waals surface area contributed by atoms with Gasteiger partial charge in [0, 0.05) is 18.8 Å². The van der Waals surface area contributed by atoms with E-state index >= 15 is 0 Å². The molecule has 5 rings (SSSR count). The number of benzene rings is 3. The van der Waals surface area contributed by atoms with E-state index in [0.29, 0.717) is 47.9 Å². The molecule has 36 heavy (non-hydrogen) atoms. The van der Waals surface area contributed by atoms with Gasteiger partial charge in [-0.2, -0.15) is 0 Å². The second-order valence-electron chi connectivity index (χ2n) is 8.82. The van der Waals surface area contributed by atoms with Crippen LogP contribution in [-0.4, -0.2) is 46.7 Å². The molecule has 0 saturated carbocycles. The van der Waals surface area contributed by atoms with Crippen LogP contribution < -0.4 is 15.6 Å². The molecule has 1 saturated heterocycles. The van der Waals surface area contributed by atoms with Gasteiger partial charge in [0.2, 0.25) is 5.91 Å². The summed E-state index contributed by atoms with van der Waals surface area (Å²) in [7, 11) is 0. The Bertz CT molecular complexity index is 1430. The zero-order valence-corrected chi connectivity index (χ0v) is 20.1. The number of nitrogens with one attached hydrogen (secondary N) is 1. The predicted octanol–water partition coefficient (Wildman–Crippen LogP) is 3.97. The predicted molar refractivity (Wildman–Crippen MR) is 138 cm³/mol. The molecule has 0 radical (unpaired) electrons. The van der Waals surface area contributed by atoms with Gasteiger partial charge < -0.3 is 14.8 Å². The van der Waals surface area contributed by atoms with E-state index < -0.39 is 0 Å². The second kappa shape index (κ2) is 10.7. The lowest BCUT2D eigenvalue weighted by Gasteiger charge is -2.27. The first-order valence-corrected chi connectivity index (χ1v) is 12.0. The Morgan fingerprint density at radius 3 is 2.56 bits per heavy atom. The third kappa shape index (κ3) is 5.62. The molecular weight excluding hydrogens is 456 g/mol. The van der Waals surface area contributed by atoms with Crippen LogP contribution in [0.1, 0.15) is 11.4 Å². The summed E-state index contributed by atoms with van der Waals surface area (Å²) in [4.78, 5) is 33.2. The highest BCUT2D eigenvalue weighted by atomic mass is 16.5. The second-order valence-corrected chi connectivity index (χ2v) is 8.82. The van der Waals surface area contributed by atoms with Crippen molar-refractivity contribution in [2.45, 2.75) is 20.0 Å². The molecule has 0 unspecified atom stereocenters. The molecule has 8 heteroatoms. The van der Waals surface area contributed by atoms with Gasteiger partial charge in [0.1, 0.15) is 23.9 Å². The minimum absolute atomic E-state index is 0.127. The van der Waals surface area contributed by atoms with Gasteiger partial charge in [0.25, 0.3) is 5.56 Å². The number of amides is 1. The average molecular weight is 485 g/mol. The maximum Gasteiger partial charge on any atom is 0.261 e. The quantitative estimate of drug-likeness (QED) is 0.427. The summed E-state index contributed by atoms with van der Waals surface area (Å²) >= 11 is 0. The molecule has 2 heterocycles. The van der Waals surface area contributed by atoms with E-state index in [0.717, 1.165) is 24.4 Å². The first kappa shape index (κ1) is 23.7. The van der Waals surface area contributed by atoms with Gasteiger partial charge in [0.15, 0.2) is 0 Å². The van der Waals surface area contributed by atoms with Crippen LogP contribution in [0.25, 0.3) is 10.9 Å². The van der Waals surface area contributed by atoms with Crippen molar-refractivity contribution in [2.75, 3.05) is 31.6 Å². The van der Waals surface area contributed by atoms with Crippen LogP contribution in [0.15, 0.2) is 77.6 Å². The van der Waals surface area contributed by atoms with Crippen LogP contribution in [0.5, 0.6) is 11.5 Å². The van der Waals surface area contributed by atoms with Crippen molar-refractivity contribution in [3.8, 4) is 11.5 Å². The summed E-state index contributed by atoms with van der Waals surface area (Å²) in [5.74, 6) is 1.69. The third-order valence-electron chi connectivity index (χ3n) is 6.07. The number of anilines is 1. The third-order valence-corrected chi connectivity index (χ3v) is 6.07. The Morgan fingerprint density at radius 2 is 1.78 bits per heavy atom. The molecule has 1 N–H and O–H groups in total. The molecule has 184 valence electrons. The molecule has 8 nitrogen and oxygen atoms in total. The molecule has 0 bridgehead atoms. The van der Waals surface area contributed by atoms with E-state index in [1.54, 1.807) is 36.4 Å². The molecule has 4 aromatic rings. The molecule has 1 fully saturated rings. The van der Waals surface area contributed by atoms with Crippen molar-refractivity contribution < 1.29 is 14.3 Å². The Labute approximate surface area is 209 Å². The Balaban J connectivity index is 1.32.